The molecule has 1 atom stereocenters. The summed E-state index contributed by atoms with van der Waals surface area (Å²) in [4.78, 5) is 1.88. The second-order valence-electron chi connectivity index (χ2n) is 3.90. The van der Waals surface area contributed by atoms with Crippen LogP contribution in [0.2, 0.25) is 0 Å². The summed E-state index contributed by atoms with van der Waals surface area (Å²) in [7, 11) is 0.371. The average Bonchev–Trinajstić information content (AvgIpc) is 2.70. The van der Waals surface area contributed by atoms with Crippen LogP contribution >= 0.6 is 11.3 Å². The number of ether oxygens (including phenoxy) is 1. The lowest BCUT2D eigenvalue weighted by molar-refractivity contribution is 0.414. The van der Waals surface area contributed by atoms with Gasteiger partial charge in [0.05, 0.1) is 17.7 Å². The van der Waals surface area contributed by atoms with Crippen molar-refractivity contribution in [3.05, 3.63) is 40.1 Å². The maximum atomic E-state index is 12.2. The fourth-order valence-electron chi connectivity index (χ4n) is 1.58. The number of nitrogens with one attached hydrogen (secondary N) is 1. The maximum Gasteiger partial charge on any atom is 0.150 e. The molecule has 0 bridgehead atoms. The first-order chi connectivity index (χ1) is 8.61. The van der Waals surface area contributed by atoms with Crippen molar-refractivity contribution in [1.82, 2.24) is 0 Å². The highest BCUT2D eigenvalue weighted by Gasteiger charge is 2.09. The van der Waals surface area contributed by atoms with Gasteiger partial charge in [0, 0.05) is 4.88 Å². The summed E-state index contributed by atoms with van der Waals surface area (Å²) in [5, 5.41) is 2.06. The van der Waals surface area contributed by atoms with Crippen molar-refractivity contribution < 1.29 is 8.95 Å². The van der Waals surface area contributed by atoms with Gasteiger partial charge in [-0.3, -0.25) is 4.72 Å². The van der Waals surface area contributed by atoms with Crippen LogP contribution < -0.4 is 9.46 Å². The molecule has 0 spiro atoms. The highest BCUT2D eigenvalue weighted by Crippen LogP contribution is 2.28. The van der Waals surface area contributed by atoms with Crippen molar-refractivity contribution in [2.75, 3.05) is 11.8 Å². The molecule has 0 saturated heterocycles. The molecule has 1 heterocycles. The zero-order valence-corrected chi connectivity index (χ0v) is 12.2. The van der Waals surface area contributed by atoms with Gasteiger partial charge in [0.2, 0.25) is 0 Å². The van der Waals surface area contributed by atoms with E-state index in [1.807, 2.05) is 26.0 Å². The molecule has 0 aliphatic rings. The maximum absolute atomic E-state index is 12.2. The molecule has 0 aliphatic carbocycles. The van der Waals surface area contributed by atoms with Gasteiger partial charge in [0.25, 0.3) is 0 Å². The Morgan fingerprint density at radius 3 is 2.39 bits per heavy atom. The van der Waals surface area contributed by atoms with E-state index in [9.17, 15) is 4.21 Å². The SMILES string of the molecule is COc1ccc(S(=O)Nc2c(C)csc2C)cc1. The predicted octanol–water partition coefficient (Wildman–Crippen LogP) is 3.51. The molecule has 2 aromatic rings. The number of thiophene rings is 1. The monoisotopic (exact) mass is 281 g/mol. The van der Waals surface area contributed by atoms with E-state index in [1.54, 1.807) is 30.6 Å². The Labute approximate surface area is 113 Å². The molecule has 96 valence electrons. The lowest BCUT2D eigenvalue weighted by Crippen LogP contribution is -2.05. The molecule has 0 radical (unpaired) electrons. The number of hydrogen-bond donors (Lipinski definition) is 1. The Morgan fingerprint density at radius 2 is 1.89 bits per heavy atom. The van der Waals surface area contributed by atoms with Crippen molar-refractivity contribution in [3.8, 4) is 5.75 Å². The molecule has 0 saturated carbocycles. The van der Waals surface area contributed by atoms with Gasteiger partial charge in [-0.05, 0) is 49.1 Å². The van der Waals surface area contributed by atoms with Gasteiger partial charge in [0.1, 0.15) is 16.7 Å². The molecule has 5 heteroatoms. The normalized spacial score (nSPS) is 12.2. The molecule has 1 unspecified atom stereocenters. The summed E-state index contributed by atoms with van der Waals surface area (Å²) in [5.74, 6) is 0.763. The summed E-state index contributed by atoms with van der Waals surface area (Å²) < 4.78 is 20.3. The number of aryl methyl sites for hydroxylation is 2. The summed E-state index contributed by atoms with van der Waals surface area (Å²) in [6.07, 6.45) is 0. The summed E-state index contributed by atoms with van der Waals surface area (Å²) in [6, 6.07) is 7.22. The topological polar surface area (TPSA) is 38.3 Å². The zero-order chi connectivity index (χ0) is 13.1. The van der Waals surface area contributed by atoms with Crippen molar-refractivity contribution in [3.63, 3.8) is 0 Å². The zero-order valence-electron chi connectivity index (χ0n) is 10.5. The summed E-state index contributed by atoms with van der Waals surface area (Å²) >= 11 is 1.66. The van der Waals surface area contributed by atoms with E-state index in [1.165, 1.54) is 0 Å². The van der Waals surface area contributed by atoms with Crippen LogP contribution in [-0.2, 0) is 11.0 Å². The Hall–Kier alpha value is -1.33. The van der Waals surface area contributed by atoms with E-state index in [-0.39, 0.29) is 0 Å². The minimum atomic E-state index is -1.24. The molecule has 0 fully saturated rings. The molecule has 18 heavy (non-hydrogen) atoms. The summed E-state index contributed by atoms with van der Waals surface area (Å²) in [5.41, 5.74) is 2.09. The molecule has 1 aromatic carbocycles. The van der Waals surface area contributed by atoms with Gasteiger partial charge < -0.3 is 4.74 Å². The minimum absolute atomic E-state index is 0.737. The Morgan fingerprint density at radius 1 is 1.22 bits per heavy atom. The van der Waals surface area contributed by atoms with E-state index in [2.05, 4.69) is 10.1 Å². The highest BCUT2D eigenvalue weighted by atomic mass is 32.2. The number of rotatable bonds is 4. The van der Waals surface area contributed by atoms with Crippen LogP contribution in [0.4, 0.5) is 5.69 Å². The van der Waals surface area contributed by atoms with Crippen LogP contribution in [0.5, 0.6) is 5.75 Å². The highest BCUT2D eigenvalue weighted by molar-refractivity contribution is 7.86. The summed E-state index contributed by atoms with van der Waals surface area (Å²) in [6.45, 7) is 4.03. The Bertz CT molecular complexity index is 541. The van der Waals surface area contributed by atoms with E-state index < -0.39 is 11.0 Å². The largest absolute Gasteiger partial charge is 0.497 e. The van der Waals surface area contributed by atoms with Crippen LogP contribution in [0.25, 0.3) is 0 Å². The lowest BCUT2D eigenvalue weighted by atomic mass is 10.3. The molecule has 2 rings (SSSR count). The average molecular weight is 281 g/mol. The quantitative estimate of drug-likeness (QED) is 0.931. The smallest absolute Gasteiger partial charge is 0.150 e. The van der Waals surface area contributed by atoms with Gasteiger partial charge in [-0.1, -0.05) is 0 Å². The van der Waals surface area contributed by atoms with Crippen molar-refractivity contribution >= 4 is 28.0 Å². The van der Waals surface area contributed by atoms with Gasteiger partial charge in [-0.2, -0.15) is 0 Å². The van der Waals surface area contributed by atoms with Gasteiger partial charge >= 0.3 is 0 Å². The van der Waals surface area contributed by atoms with Crippen molar-refractivity contribution in [2.45, 2.75) is 18.7 Å². The number of anilines is 1. The fourth-order valence-corrected chi connectivity index (χ4v) is 3.44. The van der Waals surface area contributed by atoms with E-state index in [0.717, 1.165) is 26.8 Å². The van der Waals surface area contributed by atoms with Gasteiger partial charge in [0.15, 0.2) is 0 Å². The molecule has 0 aliphatic heterocycles. The third-order valence-electron chi connectivity index (χ3n) is 2.63. The van der Waals surface area contributed by atoms with Crippen LogP contribution in [0.1, 0.15) is 10.4 Å². The Balaban J connectivity index is 2.17. The predicted molar refractivity (Wildman–Crippen MR) is 76.8 cm³/mol. The number of hydrogen-bond acceptors (Lipinski definition) is 3. The van der Waals surface area contributed by atoms with Crippen molar-refractivity contribution in [2.24, 2.45) is 0 Å². The first-order valence-electron chi connectivity index (χ1n) is 5.49. The van der Waals surface area contributed by atoms with Crippen molar-refractivity contribution in [1.29, 1.82) is 0 Å². The third kappa shape index (κ3) is 2.73. The van der Waals surface area contributed by atoms with Crippen LogP contribution in [0, 0.1) is 13.8 Å². The second-order valence-corrected chi connectivity index (χ2v) is 6.19. The molecular weight excluding hydrogens is 266 g/mol. The van der Waals surface area contributed by atoms with Crippen LogP contribution in [0.15, 0.2) is 34.5 Å². The standard InChI is InChI=1S/C13H15NO2S2/c1-9-8-17-10(2)13(9)14-18(15)12-6-4-11(16-3)5-7-12/h4-8,14H,1-3H3. The fraction of sp³-hybridized carbons (Fsp3) is 0.231. The first-order valence-corrected chi connectivity index (χ1v) is 7.52. The van der Waals surface area contributed by atoms with E-state index in [0.29, 0.717) is 0 Å². The van der Waals surface area contributed by atoms with E-state index in [4.69, 9.17) is 4.74 Å². The molecule has 3 nitrogen and oxygen atoms in total. The number of methoxy groups -OCH3 is 1. The molecule has 1 aromatic heterocycles. The molecular formula is C13H15NO2S2. The lowest BCUT2D eigenvalue weighted by Gasteiger charge is -2.07. The molecule has 0 amide bonds. The third-order valence-corrected chi connectivity index (χ3v) is 4.75. The van der Waals surface area contributed by atoms with E-state index >= 15 is 0 Å². The second kappa shape index (κ2) is 5.54. The number of benzene rings is 1. The minimum Gasteiger partial charge on any atom is -0.497 e. The van der Waals surface area contributed by atoms with Gasteiger partial charge in [-0.15, -0.1) is 11.3 Å². The van der Waals surface area contributed by atoms with Crippen LogP contribution in [-0.4, -0.2) is 11.3 Å². The first kappa shape index (κ1) is 13.1. The molecule has 1 N–H and O–H groups in total. The van der Waals surface area contributed by atoms with Crippen LogP contribution in [0.3, 0.4) is 0 Å². The Kier molecular flexibility index (Phi) is 4.04. The van der Waals surface area contributed by atoms with Gasteiger partial charge in [-0.25, -0.2) is 4.21 Å².